The predicted octanol–water partition coefficient (Wildman–Crippen LogP) is 3.66. The second-order valence-corrected chi connectivity index (χ2v) is 4.68. The zero-order valence-electron chi connectivity index (χ0n) is 12.7. The van der Waals surface area contributed by atoms with Gasteiger partial charge >= 0.3 is 5.97 Å². The average molecular weight is 258 g/mol. The number of carbonyl (C=O) groups excluding carboxylic acids is 1. The highest BCUT2D eigenvalue weighted by molar-refractivity contribution is 5.73. The van der Waals surface area contributed by atoms with Gasteiger partial charge in [-0.3, -0.25) is 4.79 Å². The van der Waals surface area contributed by atoms with E-state index in [1.165, 1.54) is 12.8 Å². The Morgan fingerprint density at radius 3 is 2.28 bits per heavy atom. The minimum absolute atomic E-state index is 0.0140. The second kappa shape index (κ2) is 10.4. The lowest BCUT2D eigenvalue weighted by atomic mass is 9.94. The first-order valence-corrected chi connectivity index (χ1v) is 7.38. The molecule has 1 rings (SSSR count). The molecular weight excluding hydrogens is 228 g/mol. The first-order valence-electron chi connectivity index (χ1n) is 7.38. The predicted molar refractivity (Wildman–Crippen MR) is 74.5 cm³/mol. The summed E-state index contributed by atoms with van der Waals surface area (Å²) < 4.78 is 10.1. The van der Waals surface area contributed by atoms with Crippen LogP contribution in [-0.2, 0) is 14.3 Å². The molecule has 108 valence electrons. The smallest absolute Gasteiger partial charge is 0.309 e. The fourth-order valence-electron chi connectivity index (χ4n) is 2.65. The molecule has 3 nitrogen and oxygen atoms in total. The van der Waals surface area contributed by atoms with Crippen molar-refractivity contribution < 1.29 is 14.3 Å². The van der Waals surface area contributed by atoms with Crippen molar-refractivity contribution in [2.45, 2.75) is 53.4 Å². The van der Waals surface area contributed by atoms with E-state index in [-0.39, 0.29) is 11.9 Å². The van der Waals surface area contributed by atoms with E-state index in [9.17, 15) is 4.79 Å². The molecule has 0 heterocycles. The normalized spacial score (nSPS) is 26.4. The molecule has 0 bridgehead atoms. The highest BCUT2D eigenvalue weighted by atomic mass is 16.6. The summed E-state index contributed by atoms with van der Waals surface area (Å²) in [6, 6.07) is 0. The van der Waals surface area contributed by atoms with Gasteiger partial charge in [-0.2, -0.15) is 0 Å². The SMILES string of the molecule is CC.CCC1CC(CC)C(C(=O)OCCOC)C1. The van der Waals surface area contributed by atoms with Crippen molar-refractivity contribution in [2.75, 3.05) is 20.3 Å². The minimum Gasteiger partial charge on any atom is -0.463 e. The molecule has 0 amide bonds. The van der Waals surface area contributed by atoms with E-state index in [2.05, 4.69) is 13.8 Å². The Hall–Kier alpha value is -0.570. The maximum absolute atomic E-state index is 11.9. The van der Waals surface area contributed by atoms with E-state index in [4.69, 9.17) is 9.47 Å². The molecule has 0 aromatic heterocycles. The maximum atomic E-state index is 11.9. The zero-order valence-corrected chi connectivity index (χ0v) is 12.7. The third kappa shape index (κ3) is 5.38. The molecule has 1 fully saturated rings. The van der Waals surface area contributed by atoms with Crippen LogP contribution < -0.4 is 0 Å². The molecule has 0 spiro atoms. The Bertz CT molecular complexity index is 216. The number of hydrogen-bond donors (Lipinski definition) is 0. The number of ether oxygens (including phenoxy) is 2. The molecule has 1 aliphatic rings. The van der Waals surface area contributed by atoms with Gasteiger partial charge in [0.15, 0.2) is 0 Å². The van der Waals surface area contributed by atoms with Crippen molar-refractivity contribution in [1.29, 1.82) is 0 Å². The van der Waals surface area contributed by atoms with Gasteiger partial charge in [0.25, 0.3) is 0 Å². The lowest BCUT2D eigenvalue weighted by molar-refractivity contribution is -0.151. The van der Waals surface area contributed by atoms with E-state index in [0.717, 1.165) is 12.8 Å². The standard InChI is InChI=1S/C13H24O3.C2H6/c1-4-10-8-11(5-2)12(9-10)13(14)16-7-6-15-3;1-2/h10-12H,4-9H2,1-3H3;1-2H3. The Kier molecular flexibility index (Phi) is 10.0. The van der Waals surface area contributed by atoms with Crippen molar-refractivity contribution in [1.82, 2.24) is 0 Å². The van der Waals surface area contributed by atoms with Crippen LogP contribution in [0.25, 0.3) is 0 Å². The second-order valence-electron chi connectivity index (χ2n) is 4.68. The lowest BCUT2D eigenvalue weighted by Gasteiger charge is -2.16. The summed E-state index contributed by atoms with van der Waals surface area (Å²) in [5.41, 5.74) is 0. The quantitative estimate of drug-likeness (QED) is 0.538. The number of hydrogen-bond acceptors (Lipinski definition) is 3. The third-order valence-electron chi connectivity index (χ3n) is 3.73. The van der Waals surface area contributed by atoms with Crippen LogP contribution >= 0.6 is 0 Å². The molecule has 18 heavy (non-hydrogen) atoms. The number of rotatable bonds is 6. The van der Waals surface area contributed by atoms with Crippen LogP contribution in [-0.4, -0.2) is 26.3 Å². The van der Waals surface area contributed by atoms with E-state index in [1.54, 1.807) is 7.11 Å². The maximum Gasteiger partial charge on any atom is 0.309 e. The van der Waals surface area contributed by atoms with Crippen LogP contribution in [0, 0.1) is 17.8 Å². The summed E-state index contributed by atoms with van der Waals surface area (Å²) in [4.78, 5) is 11.9. The van der Waals surface area contributed by atoms with Gasteiger partial charge in [-0.25, -0.2) is 0 Å². The molecule has 3 atom stereocenters. The van der Waals surface area contributed by atoms with Crippen molar-refractivity contribution in [2.24, 2.45) is 17.8 Å². The van der Waals surface area contributed by atoms with E-state index in [1.807, 2.05) is 13.8 Å². The Morgan fingerprint density at radius 2 is 1.78 bits per heavy atom. The summed E-state index contributed by atoms with van der Waals surface area (Å²) >= 11 is 0. The van der Waals surface area contributed by atoms with Gasteiger partial charge in [-0.15, -0.1) is 0 Å². The topological polar surface area (TPSA) is 35.5 Å². The summed E-state index contributed by atoms with van der Waals surface area (Å²) in [6.07, 6.45) is 4.47. The summed E-state index contributed by atoms with van der Waals surface area (Å²) in [5.74, 6) is 1.36. The Morgan fingerprint density at radius 1 is 1.11 bits per heavy atom. The summed E-state index contributed by atoms with van der Waals surface area (Å²) in [6.45, 7) is 9.25. The van der Waals surface area contributed by atoms with Gasteiger partial charge in [0.2, 0.25) is 0 Å². The van der Waals surface area contributed by atoms with Crippen LogP contribution in [0.1, 0.15) is 53.4 Å². The highest BCUT2D eigenvalue weighted by Gasteiger charge is 2.37. The van der Waals surface area contributed by atoms with Crippen molar-refractivity contribution >= 4 is 5.97 Å². The number of esters is 1. The van der Waals surface area contributed by atoms with Crippen molar-refractivity contribution in [3.05, 3.63) is 0 Å². The zero-order chi connectivity index (χ0) is 14.0. The summed E-state index contributed by atoms with van der Waals surface area (Å²) in [5, 5.41) is 0. The molecule has 1 aliphatic carbocycles. The molecule has 0 aromatic rings. The molecule has 1 saturated carbocycles. The fraction of sp³-hybridized carbons (Fsp3) is 0.933. The van der Waals surface area contributed by atoms with E-state index < -0.39 is 0 Å². The van der Waals surface area contributed by atoms with Gasteiger partial charge < -0.3 is 9.47 Å². The molecule has 0 aromatic carbocycles. The largest absolute Gasteiger partial charge is 0.463 e. The lowest BCUT2D eigenvalue weighted by Crippen LogP contribution is -2.22. The van der Waals surface area contributed by atoms with Gasteiger partial charge in [0.05, 0.1) is 12.5 Å². The van der Waals surface area contributed by atoms with Crippen LogP contribution in [0.4, 0.5) is 0 Å². The fourth-order valence-corrected chi connectivity index (χ4v) is 2.65. The molecule has 0 saturated heterocycles. The molecular formula is C15H30O3. The van der Waals surface area contributed by atoms with Crippen LogP contribution in [0.3, 0.4) is 0 Å². The molecule has 0 N–H and O–H groups in total. The van der Waals surface area contributed by atoms with Gasteiger partial charge in [0.1, 0.15) is 6.61 Å². The Labute approximate surface area is 112 Å². The summed E-state index contributed by atoms with van der Waals surface area (Å²) in [7, 11) is 1.62. The van der Waals surface area contributed by atoms with Crippen molar-refractivity contribution in [3.8, 4) is 0 Å². The monoisotopic (exact) mass is 258 g/mol. The average Bonchev–Trinajstić information content (AvgIpc) is 2.84. The highest BCUT2D eigenvalue weighted by Crippen LogP contribution is 2.40. The first kappa shape index (κ1) is 17.4. The molecule has 3 heteroatoms. The molecule has 0 aliphatic heterocycles. The van der Waals surface area contributed by atoms with Crippen LogP contribution in [0.5, 0.6) is 0 Å². The van der Waals surface area contributed by atoms with Crippen LogP contribution in [0.2, 0.25) is 0 Å². The molecule has 3 unspecified atom stereocenters. The van der Waals surface area contributed by atoms with Gasteiger partial charge in [0, 0.05) is 7.11 Å². The van der Waals surface area contributed by atoms with Gasteiger partial charge in [-0.05, 0) is 24.7 Å². The Balaban J connectivity index is 0.00000137. The third-order valence-corrected chi connectivity index (χ3v) is 3.73. The van der Waals surface area contributed by atoms with E-state index >= 15 is 0 Å². The van der Waals surface area contributed by atoms with E-state index in [0.29, 0.717) is 25.0 Å². The minimum atomic E-state index is -0.0140. The van der Waals surface area contributed by atoms with Crippen molar-refractivity contribution in [3.63, 3.8) is 0 Å². The number of methoxy groups -OCH3 is 1. The van der Waals surface area contributed by atoms with Gasteiger partial charge in [-0.1, -0.05) is 40.5 Å². The van der Waals surface area contributed by atoms with Crippen LogP contribution in [0.15, 0.2) is 0 Å². The number of carbonyl (C=O) groups is 1. The first-order chi connectivity index (χ1) is 8.72. The molecule has 0 radical (unpaired) electrons.